The van der Waals surface area contributed by atoms with E-state index in [9.17, 15) is 4.79 Å². The summed E-state index contributed by atoms with van der Waals surface area (Å²) in [5.74, 6) is 1.87. The summed E-state index contributed by atoms with van der Waals surface area (Å²) < 4.78 is 5.72. The van der Waals surface area contributed by atoms with Crippen LogP contribution < -0.4 is 10.5 Å². The van der Waals surface area contributed by atoms with Gasteiger partial charge >= 0.3 is 5.97 Å². The molecule has 0 radical (unpaired) electrons. The van der Waals surface area contributed by atoms with Crippen LogP contribution in [-0.4, -0.2) is 12.5 Å². The van der Waals surface area contributed by atoms with Crippen LogP contribution in [0.4, 0.5) is 0 Å². The number of fused-ring (bicyclic) bond motifs is 5. The molecule has 2 unspecified atom stereocenters. The summed E-state index contributed by atoms with van der Waals surface area (Å²) in [5.41, 5.74) is 13.2. The highest BCUT2D eigenvalue weighted by atomic mass is 16.5. The lowest BCUT2D eigenvalue weighted by Crippen LogP contribution is -2.55. The Morgan fingerprint density at radius 2 is 1.69 bits per heavy atom. The van der Waals surface area contributed by atoms with Gasteiger partial charge in [0.15, 0.2) is 0 Å². The molecule has 1 aromatic rings. The number of carbonyl (C=O) groups is 1. The third-order valence-electron chi connectivity index (χ3n) is 9.53. The smallest absolute Gasteiger partial charge is 0.325 e. The van der Waals surface area contributed by atoms with Crippen LogP contribution in [0.3, 0.4) is 0 Å². The summed E-state index contributed by atoms with van der Waals surface area (Å²) in [6, 6.07) is 0. The molecule has 0 aromatic heterocycles. The van der Waals surface area contributed by atoms with Crippen LogP contribution in [0.5, 0.6) is 5.75 Å². The summed E-state index contributed by atoms with van der Waals surface area (Å²) in [6.07, 6.45) is 7.78. The minimum atomic E-state index is -0.349. The molecule has 0 spiro atoms. The minimum Gasteiger partial charge on any atom is -0.425 e. The van der Waals surface area contributed by atoms with Crippen LogP contribution in [0.15, 0.2) is 0 Å². The highest BCUT2D eigenvalue weighted by Crippen LogP contribution is 2.68. The van der Waals surface area contributed by atoms with Gasteiger partial charge in [0.2, 0.25) is 0 Å². The van der Waals surface area contributed by atoms with Crippen molar-refractivity contribution in [2.45, 2.75) is 92.4 Å². The molecule has 3 aliphatic rings. The lowest BCUT2D eigenvalue weighted by atomic mass is 9.43. The summed E-state index contributed by atoms with van der Waals surface area (Å²) in [4.78, 5) is 12.0. The van der Waals surface area contributed by atoms with Crippen molar-refractivity contribution < 1.29 is 9.53 Å². The molecule has 0 saturated heterocycles. The van der Waals surface area contributed by atoms with Crippen LogP contribution in [0, 0.1) is 43.4 Å². The quantitative estimate of drug-likeness (QED) is 0.527. The lowest BCUT2D eigenvalue weighted by molar-refractivity contribution is -0.132. The zero-order valence-electron chi connectivity index (χ0n) is 19.5. The van der Waals surface area contributed by atoms with Crippen LogP contribution >= 0.6 is 0 Å². The Morgan fingerprint density at radius 3 is 2.34 bits per heavy atom. The van der Waals surface area contributed by atoms with Crippen molar-refractivity contribution in [3.05, 3.63) is 27.8 Å². The zero-order valence-corrected chi connectivity index (χ0v) is 19.5. The molecule has 3 aliphatic carbocycles. The van der Waals surface area contributed by atoms with Crippen molar-refractivity contribution in [1.29, 1.82) is 0 Å². The number of esters is 1. The third kappa shape index (κ3) is 2.76. The summed E-state index contributed by atoms with van der Waals surface area (Å²) in [5, 5.41) is 0. The fourth-order valence-electron chi connectivity index (χ4n) is 8.14. The van der Waals surface area contributed by atoms with Gasteiger partial charge in [-0.15, -0.1) is 0 Å². The molecule has 0 bridgehead atoms. The Hall–Kier alpha value is -1.35. The number of benzene rings is 1. The van der Waals surface area contributed by atoms with Gasteiger partial charge in [-0.2, -0.15) is 0 Å². The van der Waals surface area contributed by atoms with E-state index in [1.54, 1.807) is 5.56 Å². The predicted octanol–water partition coefficient (Wildman–Crippen LogP) is 5.53. The third-order valence-corrected chi connectivity index (χ3v) is 9.53. The maximum Gasteiger partial charge on any atom is 0.325 e. The first-order valence-electron chi connectivity index (χ1n) is 11.5. The van der Waals surface area contributed by atoms with Crippen LogP contribution in [0.1, 0.15) is 87.6 Å². The normalized spacial score (nSPS) is 34.9. The molecule has 0 heterocycles. The van der Waals surface area contributed by atoms with Gasteiger partial charge in [-0.1, -0.05) is 34.1 Å². The van der Waals surface area contributed by atoms with Gasteiger partial charge in [0.1, 0.15) is 5.75 Å². The van der Waals surface area contributed by atoms with Crippen molar-refractivity contribution in [3.63, 3.8) is 0 Å². The topological polar surface area (TPSA) is 52.3 Å². The molecule has 4 atom stereocenters. The SMILES string of the molecule is Cc1c(C)c2c(c(C)c1OC(=O)CN)C[C@H]1C2(C)CCC2C(C)(C)CCC[C@@]21C. The van der Waals surface area contributed by atoms with Crippen molar-refractivity contribution >= 4 is 5.97 Å². The van der Waals surface area contributed by atoms with Gasteiger partial charge in [-0.3, -0.25) is 4.79 Å². The molecule has 1 aromatic carbocycles. The molecule has 0 aliphatic heterocycles. The van der Waals surface area contributed by atoms with Gasteiger partial charge in [0, 0.05) is 0 Å². The first-order chi connectivity index (χ1) is 13.5. The number of hydrogen-bond acceptors (Lipinski definition) is 3. The first-order valence-corrected chi connectivity index (χ1v) is 11.5. The zero-order chi connectivity index (χ0) is 21.4. The summed E-state index contributed by atoms with van der Waals surface area (Å²) in [6.45, 7) is 16.6. The molecule has 4 rings (SSSR count). The lowest BCUT2D eigenvalue weighted by Gasteiger charge is -2.61. The largest absolute Gasteiger partial charge is 0.425 e. The molecule has 2 fully saturated rings. The average Bonchev–Trinajstić information content (AvgIpc) is 2.97. The molecular formula is C26H39NO2. The second-order valence-corrected chi connectivity index (χ2v) is 11.3. The fraction of sp³-hybridized carbons (Fsp3) is 0.731. The second-order valence-electron chi connectivity index (χ2n) is 11.3. The Kier molecular flexibility index (Phi) is 4.74. The Bertz CT molecular complexity index is 870. The molecule has 3 nitrogen and oxygen atoms in total. The molecule has 160 valence electrons. The van der Waals surface area contributed by atoms with Crippen molar-refractivity contribution in [2.24, 2.45) is 28.4 Å². The number of nitrogens with two attached hydrogens (primary N) is 1. The highest BCUT2D eigenvalue weighted by Gasteiger charge is 2.61. The van der Waals surface area contributed by atoms with E-state index >= 15 is 0 Å². The Labute approximate surface area is 176 Å². The number of rotatable bonds is 2. The monoisotopic (exact) mass is 397 g/mol. The maximum absolute atomic E-state index is 12.0. The van der Waals surface area contributed by atoms with Gasteiger partial charge in [-0.25, -0.2) is 0 Å². The number of hydrogen-bond donors (Lipinski definition) is 1. The predicted molar refractivity (Wildman–Crippen MR) is 118 cm³/mol. The van der Waals surface area contributed by atoms with E-state index in [1.807, 2.05) is 0 Å². The minimum absolute atomic E-state index is 0.0792. The van der Waals surface area contributed by atoms with Gasteiger partial charge in [-0.05, 0) is 109 Å². The van der Waals surface area contributed by atoms with Gasteiger partial charge in [0.25, 0.3) is 0 Å². The number of carbonyl (C=O) groups excluding carboxylic acids is 1. The Balaban J connectivity index is 1.85. The maximum atomic E-state index is 12.0. The molecule has 0 amide bonds. The Morgan fingerprint density at radius 1 is 1.00 bits per heavy atom. The molecule has 29 heavy (non-hydrogen) atoms. The van der Waals surface area contributed by atoms with Gasteiger partial charge < -0.3 is 10.5 Å². The summed E-state index contributed by atoms with van der Waals surface area (Å²) >= 11 is 0. The molecule has 2 saturated carbocycles. The van der Waals surface area contributed by atoms with Crippen LogP contribution in [0.25, 0.3) is 0 Å². The van der Waals surface area contributed by atoms with E-state index in [4.69, 9.17) is 10.5 Å². The van der Waals surface area contributed by atoms with Crippen molar-refractivity contribution in [1.82, 2.24) is 0 Å². The van der Waals surface area contributed by atoms with E-state index < -0.39 is 0 Å². The number of ether oxygens (including phenoxy) is 1. The van der Waals surface area contributed by atoms with Gasteiger partial charge in [0.05, 0.1) is 6.54 Å². The summed E-state index contributed by atoms with van der Waals surface area (Å²) in [7, 11) is 0. The average molecular weight is 398 g/mol. The molecule has 3 heteroatoms. The first kappa shape index (κ1) is 20.9. The second kappa shape index (κ2) is 6.57. The van der Waals surface area contributed by atoms with Crippen LogP contribution in [-0.2, 0) is 16.6 Å². The molecule has 2 N–H and O–H groups in total. The standard InChI is InChI=1S/C26H39NO2/c1-15-16(2)23(29-21(28)14-27)17(3)18-13-20-25(6)11-8-10-24(4,5)19(25)9-12-26(20,7)22(15)18/h19-20H,8-14,27H2,1-7H3/t19?,20-,25+,26?/m1/s1. The molecular weight excluding hydrogens is 358 g/mol. The van der Waals surface area contributed by atoms with E-state index in [0.717, 1.165) is 29.2 Å². The highest BCUT2D eigenvalue weighted by molar-refractivity contribution is 5.76. The van der Waals surface area contributed by atoms with E-state index in [1.165, 1.54) is 43.2 Å². The van der Waals surface area contributed by atoms with Crippen LogP contribution in [0.2, 0.25) is 0 Å². The van der Waals surface area contributed by atoms with E-state index in [-0.39, 0.29) is 17.9 Å². The van der Waals surface area contributed by atoms with E-state index in [2.05, 4.69) is 48.5 Å². The van der Waals surface area contributed by atoms with Crippen molar-refractivity contribution in [3.8, 4) is 5.75 Å². The van der Waals surface area contributed by atoms with Crippen molar-refractivity contribution in [2.75, 3.05) is 6.54 Å². The van der Waals surface area contributed by atoms with E-state index in [0.29, 0.717) is 16.7 Å². The fourth-order valence-corrected chi connectivity index (χ4v) is 8.14.